The number of piperazine rings is 1. The summed E-state index contributed by atoms with van der Waals surface area (Å²) >= 11 is 0. The van der Waals surface area contributed by atoms with Crippen LogP contribution in [-0.2, 0) is 11.0 Å². The predicted octanol–water partition coefficient (Wildman–Crippen LogP) is 3.01. The maximum atomic E-state index is 13.4. The van der Waals surface area contributed by atoms with Gasteiger partial charge in [0.05, 0.1) is 23.7 Å². The number of fused-ring (bicyclic) bond motifs is 1. The molecule has 2 amide bonds. The number of benzene rings is 1. The zero-order valence-corrected chi connectivity index (χ0v) is 24.5. The van der Waals surface area contributed by atoms with Gasteiger partial charge in [0.2, 0.25) is 0 Å². The van der Waals surface area contributed by atoms with Crippen LogP contribution in [0.2, 0.25) is 0 Å². The number of nitrogens with zero attached hydrogens (tertiary/aromatic N) is 6. The van der Waals surface area contributed by atoms with Gasteiger partial charge >= 0.3 is 6.18 Å². The first-order chi connectivity index (χ1) is 20.5. The molecule has 2 saturated heterocycles. The molecule has 0 saturated carbocycles. The zero-order valence-electron chi connectivity index (χ0n) is 23.7. The molecule has 0 spiro atoms. The minimum Gasteiger partial charge on any atom is -0.379 e. The van der Waals surface area contributed by atoms with Crippen LogP contribution in [0.25, 0.3) is 16.9 Å². The second kappa shape index (κ2) is 12.1. The summed E-state index contributed by atoms with van der Waals surface area (Å²) in [6, 6.07) is 5.20. The number of amides is 2. The van der Waals surface area contributed by atoms with E-state index in [0.717, 1.165) is 19.2 Å². The first kappa shape index (κ1) is 31.2. The molecule has 44 heavy (non-hydrogen) atoms. The number of imidazole rings is 1. The average molecular weight is 634 g/mol. The molecule has 2 fully saturated rings. The number of aliphatic hydroxyl groups is 1. The van der Waals surface area contributed by atoms with Gasteiger partial charge in [0.1, 0.15) is 5.69 Å². The van der Waals surface area contributed by atoms with Gasteiger partial charge in [-0.3, -0.25) is 19.1 Å². The summed E-state index contributed by atoms with van der Waals surface area (Å²) in [5.41, 5.74) is -0.161. The number of hydrogen-bond acceptors (Lipinski definition) is 8. The van der Waals surface area contributed by atoms with E-state index in [1.807, 2.05) is 12.0 Å². The van der Waals surface area contributed by atoms with Crippen LogP contribution < -0.4 is 10.6 Å². The highest BCUT2D eigenvalue weighted by atomic mass is 35.5. The Bertz CT molecular complexity index is 1680. The van der Waals surface area contributed by atoms with E-state index in [4.69, 9.17) is 0 Å². The lowest BCUT2D eigenvalue weighted by molar-refractivity contribution is -0.154. The largest absolute Gasteiger partial charge is 0.433 e. The number of aryl methyl sites for hydroxylation is 1. The third-order valence-corrected chi connectivity index (χ3v) is 7.96. The van der Waals surface area contributed by atoms with Gasteiger partial charge in [-0.1, -0.05) is 0 Å². The van der Waals surface area contributed by atoms with E-state index in [2.05, 4.69) is 25.7 Å². The molecule has 1 atom stereocenters. The first-order valence-corrected chi connectivity index (χ1v) is 13.9. The Hall–Kier alpha value is -4.21. The number of hydrogen-bond donors (Lipinski definition) is 4. The monoisotopic (exact) mass is 633 g/mol. The van der Waals surface area contributed by atoms with Gasteiger partial charge < -0.3 is 25.5 Å². The molecule has 12 nitrogen and oxygen atoms in total. The number of H-pyrrole nitrogens is 1. The highest BCUT2D eigenvalue weighted by Crippen LogP contribution is 2.36. The van der Waals surface area contributed by atoms with Crippen LogP contribution in [0.5, 0.6) is 0 Å². The van der Waals surface area contributed by atoms with Crippen LogP contribution in [0.4, 0.5) is 24.7 Å². The molecule has 4 N–H and O–H groups in total. The lowest BCUT2D eigenvalue weighted by Gasteiger charge is -2.40. The van der Waals surface area contributed by atoms with E-state index in [1.54, 1.807) is 28.0 Å². The van der Waals surface area contributed by atoms with Gasteiger partial charge in [0.15, 0.2) is 17.1 Å². The van der Waals surface area contributed by atoms with Crippen LogP contribution in [0.1, 0.15) is 34.5 Å². The molecule has 0 aliphatic carbocycles. The fraction of sp³-hybridized carbons (Fsp3) is 0.393. The van der Waals surface area contributed by atoms with Gasteiger partial charge in [-0.2, -0.15) is 18.3 Å². The summed E-state index contributed by atoms with van der Waals surface area (Å²) in [6.07, 6.45) is 1.94. The van der Waals surface area contributed by atoms with E-state index in [0.29, 0.717) is 60.9 Å². The molecular formula is C28H31ClF3N9O3. The van der Waals surface area contributed by atoms with Crippen LogP contribution in [-0.4, -0.2) is 96.2 Å². The zero-order chi connectivity index (χ0) is 30.4. The second-order valence-electron chi connectivity index (χ2n) is 10.8. The number of carbonyl (C=O) groups is 2. The molecule has 1 aromatic carbocycles. The Labute approximate surface area is 256 Å². The average Bonchev–Trinajstić information content (AvgIpc) is 3.65. The van der Waals surface area contributed by atoms with Crippen LogP contribution in [0.15, 0.2) is 43.0 Å². The Morgan fingerprint density at radius 1 is 1.09 bits per heavy atom. The lowest BCUT2D eigenvalue weighted by atomic mass is 9.92. The van der Waals surface area contributed by atoms with Gasteiger partial charge in [-0.05, 0) is 50.1 Å². The normalized spacial score (nSPS) is 19.1. The van der Waals surface area contributed by atoms with Crippen LogP contribution >= 0.6 is 12.4 Å². The van der Waals surface area contributed by atoms with E-state index >= 15 is 0 Å². The van der Waals surface area contributed by atoms with Crippen molar-refractivity contribution in [1.29, 1.82) is 0 Å². The predicted molar refractivity (Wildman–Crippen MR) is 157 cm³/mol. The van der Waals surface area contributed by atoms with Gasteiger partial charge in [0, 0.05) is 56.4 Å². The fourth-order valence-corrected chi connectivity index (χ4v) is 5.67. The molecule has 2 aliphatic heterocycles. The van der Waals surface area contributed by atoms with Crippen molar-refractivity contribution in [1.82, 2.24) is 39.7 Å². The van der Waals surface area contributed by atoms with Crippen LogP contribution in [0, 0.1) is 6.92 Å². The number of aromatic nitrogens is 5. The minimum atomic E-state index is -4.61. The molecule has 234 valence electrons. The van der Waals surface area contributed by atoms with Crippen molar-refractivity contribution in [3.8, 4) is 11.3 Å². The molecule has 1 unspecified atom stereocenters. The van der Waals surface area contributed by atoms with E-state index in [-0.39, 0.29) is 42.0 Å². The summed E-state index contributed by atoms with van der Waals surface area (Å²) in [5, 5.41) is 22.6. The van der Waals surface area contributed by atoms with Gasteiger partial charge in [0.25, 0.3) is 11.8 Å². The Kier molecular flexibility index (Phi) is 8.55. The van der Waals surface area contributed by atoms with E-state index < -0.39 is 17.5 Å². The van der Waals surface area contributed by atoms with Crippen molar-refractivity contribution < 1.29 is 27.9 Å². The summed E-state index contributed by atoms with van der Waals surface area (Å²) < 4.78 is 41.8. The minimum absolute atomic E-state index is 0. The number of piperidine rings is 1. The van der Waals surface area contributed by atoms with E-state index in [9.17, 15) is 27.9 Å². The quantitative estimate of drug-likeness (QED) is 0.263. The maximum Gasteiger partial charge on any atom is 0.433 e. The number of anilines is 2. The third kappa shape index (κ3) is 5.81. The van der Waals surface area contributed by atoms with Crippen molar-refractivity contribution in [3.05, 3.63) is 59.8 Å². The Morgan fingerprint density at radius 3 is 2.52 bits per heavy atom. The van der Waals surface area contributed by atoms with E-state index in [1.165, 1.54) is 23.0 Å². The topological polar surface area (TPSA) is 144 Å². The Morgan fingerprint density at radius 2 is 1.84 bits per heavy atom. The van der Waals surface area contributed by atoms with Crippen molar-refractivity contribution in [2.45, 2.75) is 31.5 Å². The summed E-state index contributed by atoms with van der Waals surface area (Å²) in [7, 11) is 0. The molecular weight excluding hydrogens is 603 g/mol. The number of alkyl halides is 3. The van der Waals surface area contributed by atoms with Crippen molar-refractivity contribution >= 4 is 41.4 Å². The molecule has 5 heterocycles. The summed E-state index contributed by atoms with van der Waals surface area (Å²) in [5.74, 6) is -0.134. The van der Waals surface area contributed by atoms with Gasteiger partial charge in [-0.15, -0.1) is 12.4 Å². The number of halogens is 4. The van der Waals surface area contributed by atoms with Crippen LogP contribution in [0.3, 0.4) is 0 Å². The number of rotatable bonds is 5. The highest BCUT2D eigenvalue weighted by molar-refractivity contribution is 5.96. The first-order valence-electron chi connectivity index (χ1n) is 13.9. The number of β-amino-alcohol motifs (C(OH)–C–C–N with tert-alkyl or cyclic N) is 1. The maximum absolute atomic E-state index is 13.4. The number of nitrogens with one attached hydrogen (secondary N) is 3. The Balaban J connectivity index is 0.00000384. The molecule has 3 aromatic heterocycles. The molecule has 4 aromatic rings. The standard InChI is InChI=1S/C28H30F3N9O3.ClH/c1-17-13-18(36-23-24-34-15-21(40(24)8-7-33-23)20-14-35-37-22(20)28(29,30)31)3-4-19(17)25(41)38-9-11-39(12-10-38)26(42)27(43)5-2-6-32-16-27;/h3-4,7-8,13-15,32,43H,2,5-6,9-12,16H2,1H3,(H,33,36)(H,35,37);1H. The fourth-order valence-electron chi connectivity index (χ4n) is 5.67. The number of carbonyl (C=O) groups excluding carboxylic acids is 2. The molecule has 2 aliphatic rings. The molecule has 0 radical (unpaired) electrons. The summed E-state index contributed by atoms with van der Waals surface area (Å²) in [4.78, 5) is 38.2. The van der Waals surface area contributed by atoms with Crippen molar-refractivity contribution in [2.24, 2.45) is 0 Å². The lowest BCUT2D eigenvalue weighted by Crippen LogP contribution is -2.60. The SMILES string of the molecule is Cc1cc(Nc2nccn3c(-c4cn[nH]c4C(F)(F)F)cnc23)ccc1C(=O)N1CCN(C(=O)C2(O)CCCNC2)CC1.Cl. The van der Waals surface area contributed by atoms with Crippen molar-refractivity contribution in [2.75, 3.05) is 44.6 Å². The number of aromatic amines is 1. The molecule has 16 heteroatoms. The smallest absolute Gasteiger partial charge is 0.379 e. The summed E-state index contributed by atoms with van der Waals surface area (Å²) in [6.45, 7) is 4.22. The highest BCUT2D eigenvalue weighted by Gasteiger charge is 2.41. The molecule has 6 rings (SSSR count). The third-order valence-electron chi connectivity index (χ3n) is 7.96. The second-order valence-corrected chi connectivity index (χ2v) is 10.8. The van der Waals surface area contributed by atoms with Crippen molar-refractivity contribution in [3.63, 3.8) is 0 Å². The van der Waals surface area contributed by atoms with Gasteiger partial charge in [-0.25, -0.2) is 9.97 Å². The molecule has 0 bridgehead atoms.